The summed E-state index contributed by atoms with van der Waals surface area (Å²) in [5.41, 5.74) is 5.37. The van der Waals surface area contributed by atoms with E-state index in [0.717, 1.165) is 12.8 Å². The number of ether oxygens (including phenoxy) is 1. The molecule has 6 N–H and O–H groups in total. The van der Waals surface area contributed by atoms with Crippen LogP contribution in [0.1, 0.15) is 86.1 Å². The third kappa shape index (κ3) is 13.9. The molecule has 15 heteroatoms. The zero-order valence-electron chi connectivity index (χ0n) is 31.3. The number of benzene rings is 1. The van der Waals surface area contributed by atoms with E-state index in [0.29, 0.717) is 37.2 Å². The van der Waals surface area contributed by atoms with E-state index in [2.05, 4.69) is 21.3 Å². The smallest absolute Gasteiger partial charge is 0.410 e. The van der Waals surface area contributed by atoms with Crippen molar-refractivity contribution in [2.75, 3.05) is 32.0 Å². The van der Waals surface area contributed by atoms with Crippen LogP contribution in [0, 0.1) is 17.3 Å². The number of Topliss-reactive ketones (excluding diaryl/α,β-unsaturated/α-hetero) is 1. The molecule has 1 aliphatic heterocycles. The van der Waals surface area contributed by atoms with Gasteiger partial charge < -0.3 is 41.5 Å². The van der Waals surface area contributed by atoms with Gasteiger partial charge in [-0.05, 0) is 62.6 Å². The number of carbonyl (C=O) groups excluding carboxylic acids is 7. The molecule has 0 radical (unpaired) electrons. The molecule has 284 valence electrons. The number of rotatable bonds is 18. The van der Waals surface area contributed by atoms with Gasteiger partial charge in [0.1, 0.15) is 24.5 Å². The second-order valence-electron chi connectivity index (χ2n) is 14.4. The van der Waals surface area contributed by atoms with E-state index in [1.807, 2.05) is 0 Å². The number of amides is 7. The fraction of sp³-hybridized carbons (Fsp3) is 0.639. The number of urea groups is 1. The highest BCUT2D eigenvalue weighted by Crippen LogP contribution is 2.27. The Hall–Kier alpha value is -4.69. The number of nitrogens with one attached hydrogen (secondary N) is 4. The quantitative estimate of drug-likeness (QED) is 0.142. The molecule has 7 amide bonds. The fourth-order valence-corrected chi connectivity index (χ4v) is 5.77. The van der Waals surface area contributed by atoms with Crippen LogP contribution >= 0.6 is 0 Å². The van der Waals surface area contributed by atoms with E-state index in [1.54, 1.807) is 75.7 Å². The molecular weight excluding hydrogens is 658 g/mol. The first-order valence-electron chi connectivity index (χ1n) is 17.5. The SMILES string of the molecule is CC(=O)C(C)CC(C)(C)C(=O)NC(C(=O)N[C@@H](CCCNC(N)=O)C(=O)Nc1ccc(COC(=O)N2CCC[C@H]2CN(C)C(C)=O)cc1)C(C)C. The van der Waals surface area contributed by atoms with Crippen LogP contribution in [0.25, 0.3) is 0 Å². The molecule has 2 unspecified atom stereocenters. The molecule has 1 aromatic rings. The van der Waals surface area contributed by atoms with Crippen molar-refractivity contribution in [3.63, 3.8) is 0 Å². The largest absolute Gasteiger partial charge is 0.445 e. The maximum Gasteiger partial charge on any atom is 0.410 e. The second-order valence-corrected chi connectivity index (χ2v) is 14.4. The molecule has 1 fully saturated rings. The van der Waals surface area contributed by atoms with E-state index < -0.39 is 41.4 Å². The highest BCUT2D eigenvalue weighted by atomic mass is 16.6. The van der Waals surface area contributed by atoms with Crippen LogP contribution in [-0.4, -0.2) is 96.1 Å². The van der Waals surface area contributed by atoms with E-state index in [4.69, 9.17) is 10.5 Å². The molecule has 0 saturated carbocycles. The molecule has 0 aliphatic carbocycles. The van der Waals surface area contributed by atoms with Crippen LogP contribution < -0.4 is 27.0 Å². The van der Waals surface area contributed by atoms with Crippen LogP contribution in [0.2, 0.25) is 0 Å². The van der Waals surface area contributed by atoms with Gasteiger partial charge in [-0.15, -0.1) is 0 Å². The Kier molecular flexibility index (Phi) is 16.4. The first kappa shape index (κ1) is 42.5. The van der Waals surface area contributed by atoms with Crippen molar-refractivity contribution in [3.8, 4) is 0 Å². The number of primary amides is 1. The number of nitrogens with two attached hydrogens (primary N) is 1. The van der Waals surface area contributed by atoms with Crippen LogP contribution in [-0.2, 0) is 35.3 Å². The summed E-state index contributed by atoms with van der Waals surface area (Å²) in [6.07, 6.45) is 1.95. The van der Waals surface area contributed by atoms with Crippen LogP contribution in [0.15, 0.2) is 24.3 Å². The summed E-state index contributed by atoms with van der Waals surface area (Å²) in [5.74, 6) is -2.22. The lowest BCUT2D eigenvalue weighted by Gasteiger charge is -2.31. The van der Waals surface area contributed by atoms with Crippen molar-refractivity contribution >= 4 is 47.2 Å². The van der Waals surface area contributed by atoms with Crippen LogP contribution in [0.3, 0.4) is 0 Å². The van der Waals surface area contributed by atoms with Crippen molar-refractivity contribution in [3.05, 3.63) is 29.8 Å². The molecule has 51 heavy (non-hydrogen) atoms. The number of hydrogen-bond acceptors (Lipinski definition) is 8. The summed E-state index contributed by atoms with van der Waals surface area (Å²) in [7, 11) is 1.70. The Morgan fingerprint density at radius 1 is 1.00 bits per heavy atom. The zero-order chi connectivity index (χ0) is 38.5. The molecule has 15 nitrogen and oxygen atoms in total. The number of ketones is 1. The van der Waals surface area contributed by atoms with Crippen LogP contribution in [0.4, 0.5) is 15.3 Å². The third-order valence-electron chi connectivity index (χ3n) is 9.18. The van der Waals surface area contributed by atoms with E-state index in [1.165, 1.54) is 13.8 Å². The molecule has 1 aliphatic rings. The number of likely N-dealkylation sites (tertiary alicyclic amines) is 1. The highest BCUT2D eigenvalue weighted by molar-refractivity contribution is 5.98. The Morgan fingerprint density at radius 3 is 2.22 bits per heavy atom. The molecule has 0 bridgehead atoms. The van der Waals surface area contributed by atoms with Gasteiger partial charge in [0.15, 0.2) is 0 Å². The molecule has 4 atom stereocenters. The minimum atomic E-state index is -1.02. The number of carbonyl (C=O) groups is 7. The van der Waals surface area contributed by atoms with Crippen molar-refractivity contribution in [1.29, 1.82) is 0 Å². The van der Waals surface area contributed by atoms with Gasteiger partial charge in [-0.2, -0.15) is 0 Å². The highest BCUT2D eigenvalue weighted by Gasteiger charge is 2.36. The maximum absolute atomic E-state index is 13.5. The van der Waals surface area contributed by atoms with Gasteiger partial charge in [-0.25, -0.2) is 9.59 Å². The normalized spacial score (nSPS) is 16.0. The fourth-order valence-electron chi connectivity index (χ4n) is 5.77. The van der Waals surface area contributed by atoms with Crippen molar-refractivity contribution in [2.24, 2.45) is 23.0 Å². The lowest BCUT2D eigenvalue weighted by atomic mass is 9.81. The summed E-state index contributed by atoms with van der Waals surface area (Å²) >= 11 is 0. The van der Waals surface area contributed by atoms with Crippen molar-refractivity contribution in [2.45, 2.75) is 105 Å². The maximum atomic E-state index is 13.5. The third-order valence-corrected chi connectivity index (χ3v) is 9.18. The van der Waals surface area contributed by atoms with Gasteiger partial charge in [0.05, 0.1) is 6.04 Å². The lowest BCUT2D eigenvalue weighted by Crippen LogP contribution is -2.56. The molecule has 0 aromatic heterocycles. The van der Waals surface area contributed by atoms with Crippen molar-refractivity contribution in [1.82, 2.24) is 25.8 Å². The predicted octanol–water partition coefficient (Wildman–Crippen LogP) is 2.92. The Bertz CT molecular complexity index is 1400. The van der Waals surface area contributed by atoms with Gasteiger partial charge in [-0.1, -0.05) is 46.8 Å². The number of likely N-dealkylation sites (N-methyl/N-ethyl adjacent to an activating group) is 1. The van der Waals surface area contributed by atoms with Gasteiger partial charge in [0, 0.05) is 50.6 Å². The monoisotopic (exact) mass is 715 g/mol. The average molecular weight is 716 g/mol. The Balaban J connectivity index is 2.08. The minimum Gasteiger partial charge on any atom is -0.445 e. The zero-order valence-corrected chi connectivity index (χ0v) is 31.3. The van der Waals surface area contributed by atoms with Gasteiger partial charge in [0.25, 0.3) is 0 Å². The predicted molar refractivity (Wildman–Crippen MR) is 192 cm³/mol. The standard InChI is InChI=1S/C36H57N7O8/c1-22(2)30(41-33(48)36(6,7)19-23(3)24(4)44)32(47)40-29(12-9-17-38-34(37)49)31(46)39-27-15-13-26(14-16-27)21-51-35(50)43-18-10-11-28(43)20-42(8)25(5)45/h13-16,22-23,28-30H,9-12,17-21H2,1-8H3,(H,39,46)(H,40,47)(H,41,48)(H3,37,38,49)/t23?,28-,29-,30?/m0/s1. The number of hydrogen-bond donors (Lipinski definition) is 5. The summed E-state index contributed by atoms with van der Waals surface area (Å²) < 4.78 is 5.54. The van der Waals surface area contributed by atoms with Gasteiger partial charge in [-0.3, -0.25) is 24.0 Å². The van der Waals surface area contributed by atoms with Crippen molar-refractivity contribution < 1.29 is 38.3 Å². The summed E-state index contributed by atoms with van der Waals surface area (Å²) in [5, 5.41) is 10.8. The Labute approximate surface area is 301 Å². The Morgan fingerprint density at radius 2 is 1.65 bits per heavy atom. The molecule has 1 saturated heterocycles. The van der Waals surface area contributed by atoms with Gasteiger partial charge in [0.2, 0.25) is 23.6 Å². The summed E-state index contributed by atoms with van der Waals surface area (Å²) in [4.78, 5) is 90.9. The number of nitrogens with zero attached hydrogens (tertiary/aromatic N) is 2. The second kappa shape index (κ2) is 19.6. The molecule has 1 aromatic carbocycles. The van der Waals surface area contributed by atoms with Gasteiger partial charge >= 0.3 is 12.1 Å². The number of anilines is 1. The minimum absolute atomic E-state index is 0.0111. The van der Waals surface area contributed by atoms with E-state index >= 15 is 0 Å². The molecular formula is C36H57N7O8. The topological polar surface area (TPSA) is 209 Å². The average Bonchev–Trinajstić information content (AvgIpc) is 3.51. The van der Waals surface area contributed by atoms with E-state index in [-0.39, 0.29) is 55.0 Å². The summed E-state index contributed by atoms with van der Waals surface area (Å²) in [6.45, 7) is 12.9. The molecule has 2 rings (SSSR count). The first-order valence-corrected chi connectivity index (χ1v) is 17.5. The molecule has 0 spiro atoms. The first-order chi connectivity index (χ1) is 23.8. The van der Waals surface area contributed by atoms with Crippen LogP contribution in [0.5, 0.6) is 0 Å². The van der Waals surface area contributed by atoms with E-state index in [9.17, 15) is 33.6 Å². The lowest BCUT2D eigenvalue weighted by molar-refractivity contribution is -0.137. The summed E-state index contributed by atoms with van der Waals surface area (Å²) in [6, 6.07) is 3.91. The molecule has 1 heterocycles.